The summed E-state index contributed by atoms with van der Waals surface area (Å²) in [6.45, 7) is 9.83. The van der Waals surface area contributed by atoms with Gasteiger partial charge in [-0.25, -0.2) is 4.79 Å². The van der Waals surface area contributed by atoms with Crippen LogP contribution in [0.2, 0.25) is 0 Å². The van der Waals surface area contributed by atoms with Gasteiger partial charge in [-0.2, -0.15) is 0 Å². The van der Waals surface area contributed by atoms with Crippen LogP contribution >= 0.6 is 0 Å². The molecule has 0 unspecified atom stereocenters. The lowest BCUT2D eigenvalue weighted by Gasteiger charge is -2.02. The molecule has 0 radical (unpaired) electrons. The molecule has 0 spiro atoms. The van der Waals surface area contributed by atoms with Crippen LogP contribution in [0.4, 0.5) is 0 Å². The lowest BCUT2D eigenvalue weighted by molar-refractivity contribution is -0.132. The zero-order valence-electron chi connectivity index (χ0n) is 11.6. The second-order valence-electron chi connectivity index (χ2n) is 4.79. The van der Waals surface area contributed by atoms with Crippen LogP contribution in [0.25, 0.3) is 0 Å². The summed E-state index contributed by atoms with van der Waals surface area (Å²) in [5.74, 6) is -0.821. The Morgan fingerprint density at radius 3 is 2.12 bits per heavy atom. The van der Waals surface area contributed by atoms with Crippen LogP contribution in [0.1, 0.15) is 53.9 Å². The van der Waals surface area contributed by atoms with Crippen molar-refractivity contribution in [2.24, 2.45) is 0 Å². The number of hydrogen-bond donors (Lipinski definition) is 1. The second-order valence-corrected chi connectivity index (χ2v) is 4.79. The van der Waals surface area contributed by atoms with E-state index in [1.807, 2.05) is 6.92 Å². The lowest BCUT2D eigenvalue weighted by atomic mass is 10.0. The van der Waals surface area contributed by atoms with Crippen LogP contribution in [-0.4, -0.2) is 11.1 Å². The van der Waals surface area contributed by atoms with Crippen molar-refractivity contribution in [3.05, 3.63) is 34.4 Å². The minimum Gasteiger partial charge on any atom is -0.478 e. The third-order valence-electron chi connectivity index (χ3n) is 2.81. The summed E-state index contributed by atoms with van der Waals surface area (Å²) >= 11 is 0. The van der Waals surface area contributed by atoms with Gasteiger partial charge in [0.2, 0.25) is 0 Å². The van der Waals surface area contributed by atoms with Crippen LogP contribution in [0.5, 0.6) is 0 Å². The van der Waals surface area contributed by atoms with E-state index in [0.29, 0.717) is 5.57 Å². The van der Waals surface area contributed by atoms with Crippen molar-refractivity contribution in [1.29, 1.82) is 0 Å². The van der Waals surface area contributed by atoms with E-state index in [9.17, 15) is 4.79 Å². The molecule has 1 N–H and O–H groups in total. The highest BCUT2D eigenvalue weighted by molar-refractivity contribution is 5.86. The molecule has 2 nitrogen and oxygen atoms in total. The SMILES string of the molecule is CC(C)=CCCC(C)=CC/C(C)=C(/C)C(=O)O. The van der Waals surface area contributed by atoms with Gasteiger partial charge in [-0.15, -0.1) is 0 Å². The number of rotatable bonds is 6. The molecule has 0 saturated heterocycles. The summed E-state index contributed by atoms with van der Waals surface area (Å²) in [7, 11) is 0. The van der Waals surface area contributed by atoms with Gasteiger partial charge in [0.1, 0.15) is 0 Å². The molecule has 0 atom stereocenters. The van der Waals surface area contributed by atoms with Crippen molar-refractivity contribution in [3.8, 4) is 0 Å². The maximum atomic E-state index is 10.7. The molecule has 0 aromatic rings. The van der Waals surface area contributed by atoms with E-state index in [0.717, 1.165) is 24.8 Å². The van der Waals surface area contributed by atoms with Crippen LogP contribution in [0, 0.1) is 0 Å². The largest absolute Gasteiger partial charge is 0.478 e. The fraction of sp³-hybridized carbons (Fsp3) is 0.533. The molecule has 0 heterocycles. The van der Waals surface area contributed by atoms with Crippen molar-refractivity contribution in [1.82, 2.24) is 0 Å². The van der Waals surface area contributed by atoms with Gasteiger partial charge in [0.25, 0.3) is 0 Å². The molecule has 0 saturated carbocycles. The summed E-state index contributed by atoms with van der Waals surface area (Å²) in [4.78, 5) is 10.7. The zero-order chi connectivity index (χ0) is 13.4. The van der Waals surface area contributed by atoms with Gasteiger partial charge < -0.3 is 5.11 Å². The Balaban J connectivity index is 4.29. The zero-order valence-corrected chi connectivity index (χ0v) is 11.6. The maximum absolute atomic E-state index is 10.7. The normalized spacial score (nSPS) is 13.1. The monoisotopic (exact) mass is 236 g/mol. The molecule has 0 aromatic carbocycles. The van der Waals surface area contributed by atoms with Gasteiger partial charge in [0.15, 0.2) is 0 Å². The fourth-order valence-corrected chi connectivity index (χ4v) is 1.35. The molecule has 0 rings (SSSR count). The Hall–Kier alpha value is -1.31. The van der Waals surface area contributed by atoms with Gasteiger partial charge >= 0.3 is 5.97 Å². The number of carboxylic acids is 1. The minimum absolute atomic E-state index is 0.457. The summed E-state index contributed by atoms with van der Waals surface area (Å²) in [5.41, 5.74) is 4.05. The highest BCUT2D eigenvalue weighted by atomic mass is 16.4. The molecular formula is C15H24O2. The average molecular weight is 236 g/mol. The van der Waals surface area contributed by atoms with Gasteiger partial charge in [0.05, 0.1) is 0 Å². The van der Waals surface area contributed by atoms with Crippen molar-refractivity contribution in [2.45, 2.75) is 53.9 Å². The lowest BCUT2D eigenvalue weighted by Crippen LogP contribution is -1.99. The van der Waals surface area contributed by atoms with E-state index >= 15 is 0 Å². The van der Waals surface area contributed by atoms with Gasteiger partial charge in [-0.1, -0.05) is 28.9 Å². The quantitative estimate of drug-likeness (QED) is 0.545. The minimum atomic E-state index is -0.821. The van der Waals surface area contributed by atoms with E-state index in [-0.39, 0.29) is 0 Å². The molecule has 0 aliphatic carbocycles. The Morgan fingerprint density at radius 2 is 1.65 bits per heavy atom. The van der Waals surface area contributed by atoms with E-state index in [4.69, 9.17) is 5.11 Å². The molecule has 0 bridgehead atoms. The average Bonchev–Trinajstić information content (AvgIpc) is 2.24. The Morgan fingerprint density at radius 1 is 1.06 bits per heavy atom. The fourth-order valence-electron chi connectivity index (χ4n) is 1.35. The molecule has 96 valence electrons. The molecule has 0 fully saturated rings. The molecule has 0 amide bonds. The van der Waals surface area contributed by atoms with E-state index in [2.05, 4.69) is 32.9 Å². The summed E-state index contributed by atoms with van der Waals surface area (Å²) in [6.07, 6.45) is 7.19. The number of hydrogen-bond acceptors (Lipinski definition) is 1. The first kappa shape index (κ1) is 15.7. The van der Waals surface area contributed by atoms with E-state index < -0.39 is 5.97 Å². The van der Waals surface area contributed by atoms with Crippen molar-refractivity contribution >= 4 is 5.97 Å². The highest BCUT2D eigenvalue weighted by Gasteiger charge is 2.03. The van der Waals surface area contributed by atoms with Gasteiger partial charge in [0, 0.05) is 5.57 Å². The highest BCUT2D eigenvalue weighted by Crippen LogP contribution is 2.13. The summed E-state index contributed by atoms with van der Waals surface area (Å²) in [6, 6.07) is 0. The molecule has 2 heteroatoms. The Bertz CT molecular complexity index is 353. The van der Waals surface area contributed by atoms with Crippen LogP contribution < -0.4 is 0 Å². The van der Waals surface area contributed by atoms with Crippen molar-refractivity contribution in [3.63, 3.8) is 0 Å². The topological polar surface area (TPSA) is 37.3 Å². The first-order valence-electron chi connectivity index (χ1n) is 6.03. The van der Waals surface area contributed by atoms with E-state index in [1.165, 1.54) is 11.1 Å². The Labute approximate surface area is 105 Å². The van der Waals surface area contributed by atoms with Crippen LogP contribution in [0.15, 0.2) is 34.4 Å². The number of carboxylic acid groups (broad SMARTS) is 1. The molecule has 0 aromatic heterocycles. The molecular weight excluding hydrogens is 212 g/mol. The summed E-state index contributed by atoms with van der Waals surface area (Å²) in [5, 5.41) is 8.83. The smallest absolute Gasteiger partial charge is 0.331 e. The van der Waals surface area contributed by atoms with Gasteiger partial charge in [-0.05, 0) is 53.9 Å². The standard InChI is InChI=1S/C15H24O2/c1-11(2)7-6-8-12(3)9-10-13(4)14(5)15(16)17/h7,9H,6,8,10H2,1-5H3,(H,16,17)/b12-9?,14-13-. The predicted octanol–water partition coefficient (Wildman–Crippen LogP) is 4.49. The molecule has 0 aliphatic heterocycles. The van der Waals surface area contributed by atoms with Crippen LogP contribution in [-0.2, 0) is 4.79 Å². The van der Waals surface area contributed by atoms with Crippen LogP contribution in [0.3, 0.4) is 0 Å². The van der Waals surface area contributed by atoms with E-state index in [1.54, 1.807) is 6.92 Å². The number of allylic oxidation sites excluding steroid dienone is 5. The van der Waals surface area contributed by atoms with Gasteiger partial charge in [-0.3, -0.25) is 0 Å². The first-order valence-corrected chi connectivity index (χ1v) is 6.03. The third kappa shape index (κ3) is 7.56. The second kappa shape index (κ2) is 7.88. The third-order valence-corrected chi connectivity index (χ3v) is 2.81. The molecule has 17 heavy (non-hydrogen) atoms. The number of carbonyl (C=O) groups is 1. The van der Waals surface area contributed by atoms with Crippen molar-refractivity contribution < 1.29 is 9.90 Å². The maximum Gasteiger partial charge on any atom is 0.331 e. The number of aliphatic carboxylic acids is 1. The Kier molecular flexibility index (Phi) is 7.27. The molecule has 0 aliphatic rings. The summed E-state index contributed by atoms with van der Waals surface area (Å²) < 4.78 is 0. The van der Waals surface area contributed by atoms with Crippen molar-refractivity contribution in [2.75, 3.05) is 0 Å². The first-order chi connectivity index (χ1) is 7.84. The predicted molar refractivity (Wildman–Crippen MR) is 73.0 cm³/mol.